The summed E-state index contributed by atoms with van der Waals surface area (Å²) in [5.74, 6) is 0.303. The molecule has 1 aliphatic heterocycles. The lowest BCUT2D eigenvalue weighted by molar-refractivity contribution is -0.132. The molecule has 1 atom stereocenters. The highest BCUT2D eigenvalue weighted by Crippen LogP contribution is 2.16. The minimum absolute atomic E-state index is 0.0638. The average Bonchev–Trinajstić information content (AvgIpc) is 2.29. The number of hydrogen-bond acceptors (Lipinski definition) is 2. The highest BCUT2D eigenvalue weighted by molar-refractivity contribution is 5.76. The Bertz CT molecular complexity index is 244. The van der Waals surface area contributed by atoms with Gasteiger partial charge in [0.15, 0.2) is 0 Å². The summed E-state index contributed by atoms with van der Waals surface area (Å²) in [5, 5.41) is 8.82. The molecule has 0 aliphatic carbocycles. The summed E-state index contributed by atoms with van der Waals surface area (Å²) in [6, 6.07) is 2.26. The van der Waals surface area contributed by atoms with E-state index >= 15 is 0 Å². The first kappa shape index (κ1) is 12.0. The molecular formula is C12H20N2O. The van der Waals surface area contributed by atoms with Gasteiger partial charge in [-0.2, -0.15) is 5.26 Å². The van der Waals surface area contributed by atoms with Crippen molar-refractivity contribution in [2.45, 2.75) is 45.4 Å². The van der Waals surface area contributed by atoms with E-state index in [1.54, 1.807) is 0 Å². The number of nitriles is 1. The van der Waals surface area contributed by atoms with Crippen LogP contribution in [0.4, 0.5) is 0 Å². The van der Waals surface area contributed by atoms with Gasteiger partial charge in [-0.25, -0.2) is 0 Å². The summed E-state index contributed by atoms with van der Waals surface area (Å²) in [4.78, 5) is 13.6. The number of likely N-dealkylation sites (tertiary alicyclic amines) is 1. The van der Waals surface area contributed by atoms with Crippen molar-refractivity contribution < 1.29 is 4.79 Å². The van der Waals surface area contributed by atoms with Gasteiger partial charge in [0.1, 0.15) is 0 Å². The van der Waals surface area contributed by atoms with Gasteiger partial charge >= 0.3 is 0 Å². The first-order chi connectivity index (χ1) is 7.27. The van der Waals surface area contributed by atoms with Gasteiger partial charge in [-0.1, -0.05) is 19.8 Å². The van der Waals surface area contributed by atoms with Crippen LogP contribution in [0.1, 0.15) is 45.4 Å². The van der Waals surface area contributed by atoms with Crippen LogP contribution < -0.4 is 0 Å². The molecule has 0 aromatic heterocycles. The van der Waals surface area contributed by atoms with E-state index in [9.17, 15) is 4.79 Å². The lowest BCUT2D eigenvalue weighted by atomic mass is 9.99. The predicted octanol–water partition coefficient (Wildman–Crippen LogP) is 2.33. The first-order valence-corrected chi connectivity index (χ1v) is 5.95. The first-order valence-electron chi connectivity index (χ1n) is 5.95. The monoisotopic (exact) mass is 208 g/mol. The van der Waals surface area contributed by atoms with E-state index in [4.69, 9.17) is 5.26 Å². The van der Waals surface area contributed by atoms with Crippen LogP contribution in [-0.2, 0) is 4.79 Å². The van der Waals surface area contributed by atoms with Crippen molar-refractivity contribution in [3.63, 3.8) is 0 Å². The second kappa shape index (κ2) is 6.44. The quantitative estimate of drug-likeness (QED) is 0.665. The maximum absolute atomic E-state index is 11.8. The third kappa shape index (κ3) is 3.91. The summed E-state index contributed by atoms with van der Waals surface area (Å²) in [6.07, 6.45) is 5.86. The fourth-order valence-corrected chi connectivity index (χ4v) is 1.99. The summed E-state index contributed by atoms with van der Waals surface area (Å²) in [6.45, 7) is 3.64. The van der Waals surface area contributed by atoms with Gasteiger partial charge in [0.05, 0.1) is 12.0 Å². The molecule has 1 unspecified atom stereocenters. The zero-order valence-corrected chi connectivity index (χ0v) is 9.54. The van der Waals surface area contributed by atoms with E-state index < -0.39 is 0 Å². The van der Waals surface area contributed by atoms with E-state index in [2.05, 4.69) is 13.0 Å². The zero-order valence-electron chi connectivity index (χ0n) is 9.54. The molecule has 84 valence electrons. The molecule has 1 fully saturated rings. The summed E-state index contributed by atoms with van der Waals surface area (Å²) in [7, 11) is 0. The minimum atomic E-state index is 0.0638. The Morgan fingerprint density at radius 3 is 3.00 bits per heavy atom. The molecule has 0 bridgehead atoms. The van der Waals surface area contributed by atoms with Crippen LogP contribution in [-0.4, -0.2) is 23.9 Å². The minimum Gasteiger partial charge on any atom is -0.341 e. The number of piperidine rings is 1. The topological polar surface area (TPSA) is 44.1 Å². The molecule has 3 heteroatoms. The smallest absolute Gasteiger partial charge is 0.222 e. The zero-order chi connectivity index (χ0) is 11.1. The van der Waals surface area contributed by atoms with Gasteiger partial charge in [0.2, 0.25) is 5.91 Å². The average molecular weight is 208 g/mol. The van der Waals surface area contributed by atoms with E-state index in [1.807, 2.05) is 4.90 Å². The molecule has 0 N–H and O–H groups in total. The van der Waals surface area contributed by atoms with Crippen molar-refractivity contribution >= 4 is 5.91 Å². The number of rotatable bonds is 4. The van der Waals surface area contributed by atoms with Crippen LogP contribution in [0.2, 0.25) is 0 Å². The molecule has 1 saturated heterocycles. The van der Waals surface area contributed by atoms with Crippen LogP contribution in [0.5, 0.6) is 0 Å². The van der Waals surface area contributed by atoms with Crippen LogP contribution in [0, 0.1) is 17.2 Å². The molecule has 0 saturated carbocycles. The Morgan fingerprint density at radius 1 is 1.53 bits per heavy atom. The van der Waals surface area contributed by atoms with Gasteiger partial charge < -0.3 is 4.90 Å². The molecule has 1 amide bonds. The van der Waals surface area contributed by atoms with Crippen LogP contribution >= 0.6 is 0 Å². The highest BCUT2D eigenvalue weighted by atomic mass is 16.2. The summed E-state index contributed by atoms with van der Waals surface area (Å²) < 4.78 is 0. The van der Waals surface area contributed by atoms with Gasteiger partial charge in [-0.3, -0.25) is 4.79 Å². The molecular weight excluding hydrogens is 188 g/mol. The molecule has 1 heterocycles. The van der Waals surface area contributed by atoms with Gasteiger partial charge in [-0.15, -0.1) is 0 Å². The Morgan fingerprint density at radius 2 is 2.33 bits per heavy atom. The van der Waals surface area contributed by atoms with Crippen molar-refractivity contribution in [3.05, 3.63) is 0 Å². The highest BCUT2D eigenvalue weighted by Gasteiger charge is 2.22. The normalized spacial score (nSPS) is 21.1. The molecule has 15 heavy (non-hydrogen) atoms. The molecule has 0 aromatic carbocycles. The Kier molecular flexibility index (Phi) is 5.17. The number of carbonyl (C=O) groups is 1. The van der Waals surface area contributed by atoms with Crippen molar-refractivity contribution in [1.82, 2.24) is 4.90 Å². The largest absolute Gasteiger partial charge is 0.341 e. The molecule has 0 radical (unpaired) electrons. The number of unbranched alkanes of at least 4 members (excludes halogenated alkanes) is 2. The van der Waals surface area contributed by atoms with Crippen molar-refractivity contribution in [2.75, 3.05) is 13.1 Å². The maximum atomic E-state index is 11.8. The van der Waals surface area contributed by atoms with Crippen LogP contribution in [0.3, 0.4) is 0 Å². The number of hydrogen-bond donors (Lipinski definition) is 0. The lowest BCUT2D eigenvalue weighted by Gasteiger charge is -2.29. The van der Waals surface area contributed by atoms with Crippen LogP contribution in [0.25, 0.3) is 0 Å². The number of nitrogens with zero attached hydrogens (tertiary/aromatic N) is 2. The van der Waals surface area contributed by atoms with Crippen molar-refractivity contribution in [3.8, 4) is 6.07 Å². The van der Waals surface area contributed by atoms with Gasteiger partial charge in [0.25, 0.3) is 0 Å². The predicted molar refractivity (Wildman–Crippen MR) is 59.1 cm³/mol. The van der Waals surface area contributed by atoms with E-state index in [0.29, 0.717) is 13.0 Å². The third-order valence-electron chi connectivity index (χ3n) is 2.95. The molecule has 1 aliphatic rings. The number of carbonyl (C=O) groups excluding carboxylic acids is 1. The maximum Gasteiger partial charge on any atom is 0.222 e. The SMILES string of the molecule is CCCCCC(=O)N1CCCC(C#N)C1. The summed E-state index contributed by atoms with van der Waals surface area (Å²) in [5.41, 5.74) is 0. The third-order valence-corrected chi connectivity index (χ3v) is 2.95. The summed E-state index contributed by atoms with van der Waals surface area (Å²) >= 11 is 0. The van der Waals surface area contributed by atoms with Crippen molar-refractivity contribution in [2.24, 2.45) is 5.92 Å². The van der Waals surface area contributed by atoms with E-state index in [0.717, 1.165) is 38.6 Å². The van der Waals surface area contributed by atoms with E-state index in [1.165, 1.54) is 0 Å². The fourth-order valence-electron chi connectivity index (χ4n) is 1.99. The Balaban J connectivity index is 2.29. The van der Waals surface area contributed by atoms with Gasteiger partial charge in [0, 0.05) is 19.5 Å². The number of amides is 1. The molecule has 0 spiro atoms. The molecule has 0 aromatic rings. The van der Waals surface area contributed by atoms with Gasteiger partial charge in [-0.05, 0) is 19.3 Å². The second-order valence-corrected chi connectivity index (χ2v) is 4.27. The fraction of sp³-hybridized carbons (Fsp3) is 0.833. The Hall–Kier alpha value is -1.04. The van der Waals surface area contributed by atoms with E-state index in [-0.39, 0.29) is 11.8 Å². The molecule has 3 nitrogen and oxygen atoms in total. The lowest BCUT2D eigenvalue weighted by Crippen LogP contribution is -2.39. The van der Waals surface area contributed by atoms with Crippen LogP contribution in [0.15, 0.2) is 0 Å². The Labute approximate surface area is 92.1 Å². The second-order valence-electron chi connectivity index (χ2n) is 4.27. The molecule has 1 rings (SSSR count). The van der Waals surface area contributed by atoms with Crippen molar-refractivity contribution in [1.29, 1.82) is 5.26 Å². The standard InChI is InChI=1S/C12H20N2O/c1-2-3-4-7-12(15)14-8-5-6-11(9-13)10-14/h11H,2-8,10H2,1H3.